The number of aromatic nitrogens is 1. The van der Waals surface area contributed by atoms with Crippen LogP contribution < -0.4 is 5.32 Å². The number of fused-ring (bicyclic) bond motifs is 1. The van der Waals surface area contributed by atoms with E-state index < -0.39 is 0 Å². The van der Waals surface area contributed by atoms with Crippen molar-refractivity contribution in [2.75, 3.05) is 5.32 Å². The highest BCUT2D eigenvalue weighted by atomic mass is 16.3. The largest absolute Gasteiger partial charge is 0.392 e. The average molecular weight is 242 g/mol. The van der Waals surface area contributed by atoms with E-state index >= 15 is 0 Å². The van der Waals surface area contributed by atoms with Gasteiger partial charge in [0, 0.05) is 16.8 Å². The highest BCUT2D eigenvalue weighted by Gasteiger charge is 2.47. The molecule has 1 saturated carbocycles. The van der Waals surface area contributed by atoms with Crippen molar-refractivity contribution in [3.05, 3.63) is 36.5 Å². The Morgan fingerprint density at radius 2 is 2.11 bits per heavy atom. The number of benzene rings is 1. The lowest BCUT2D eigenvalue weighted by Crippen LogP contribution is -2.56. The van der Waals surface area contributed by atoms with Gasteiger partial charge in [0.1, 0.15) is 0 Å². The van der Waals surface area contributed by atoms with Crippen LogP contribution in [0.25, 0.3) is 10.9 Å². The normalized spacial score (nSPS) is 25.7. The Morgan fingerprint density at radius 1 is 1.33 bits per heavy atom. The van der Waals surface area contributed by atoms with Gasteiger partial charge in [0.05, 0.1) is 23.5 Å². The number of aliphatic hydroxyl groups is 1. The molecule has 3 heteroatoms. The monoisotopic (exact) mass is 242 g/mol. The average Bonchev–Trinajstić information content (AvgIpc) is 2.38. The third-order valence-corrected chi connectivity index (χ3v) is 4.15. The minimum atomic E-state index is -0.205. The van der Waals surface area contributed by atoms with Gasteiger partial charge >= 0.3 is 0 Å². The molecule has 1 aliphatic rings. The minimum absolute atomic E-state index is 0.0638. The summed E-state index contributed by atoms with van der Waals surface area (Å²) in [6.45, 7) is 4.18. The molecule has 0 radical (unpaired) electrons. The summed E-state index contributed by atoms with van der Waals surface area (Å²) < 4.78 is 0. The van der Waals surface area contributed by atoms with Crippen LogP contribution in [0.4, 0.5) is 5.69 Å². The van der Waals surface area contributed by atoms with Crippen molar-refractivity contribution in [1.29, 1.82) is 0 Å². The van der Waals surface area contributed by atoms with Crippen molar-refractivity contribution in [2.45, 2.75) is 32.4 Å². The van der Waals surface area contributed by atoms with E-state index in [1.54, 1.807) is 0 Å². The van der Waals surface area contributed by atoms with Crippen LogP contribution in [0.2, 0.25) is 0 Å². The Bertz CT molecular complexity index is 579. The molecular weight excluding hydrogens is 224 g/mol. The van der Waals surface area contributed by atoms with E-state index in [4.69, 9.17) is 0 Å². The molecule has 0 bridgehead atoms. The molecule has 1 aromatic carbocycles. The summed E-state index contributed by atoms with van der Waals surface area (Å²) in [7, 11) is 0. The second-order valence-corrected chi connectivity index (χ2v) is 5.69. The van der Waals surface area contributed by atoms with Gasteiger partial charge in [0.15, 0.2) is 0 Å². The van der Waals surface area contributed by atoms with Crippen molar-refractivity contribution >= 4 is 16.6 Å². The van der Waals surface area contributed by atoms with Gasteiger partial charge in [-0.15, -0.1) is 0 Å². The zero-order chi connectivity index (χ0) is 12.8. The smallest absolute Gasteiger partial charge is 0.0703 e. The molecule has 0 saturated heterocycles. The zero-order valence-corrected chi connectivity index (χ0v) is 10.7. The molecule has 2 aromatic rings. The van der Waals surface area contributed by atoms with Gasteiger partial charge in [0.25, 0.3) is 0 Å². The van der Waals surface area contributed by atoms with E-state index in [1.807, 2.05) is 24.4 Å². The lowest BCUT2D eigenvalue weighted by Gasteiger charge is -2.49. The summed E-state index contributed by atoms with van der Waals surface area (Å²) >= 11 is 0. The molecule has 2 unspecified atom stereocenters. The highest BCUT2D eigenvalue weighted by Crippen LogP contribution is 2.42. The summed E-state index contributed by atoms with van der Waals surface area (Å²) in [5.41, 5.74) is 1.97. The molecule has 1 heterocycles. The van der Waals surface area contributed by atoms with Crippen molar-refractivity contribution in [3.8, 4) is 0 Å². The van der Waals surface area contributed by atoms with Crippen molar-refractivity contribution in [2.24, 2.45) is 5.41 Å². The molecular formula is C15H18N2O. The molecule has 3 nitrogen and oxygen atoms in total. The first-order valence-corrected chi connectivity index (χ1v) is 6.37. The molecule has 94 valence electrons. The standard InChI is InChI=1S/C15H18N2O/c1-15(2)13(8-14(15)18)17-11-7-10-5-3-4-6-12(10)16-9-11/h3-7,9,13-14,17-18H,8H2,1-2H3. The molecule has 1 fully saturated rings. The molecule has 2 atom stereocenters. The Morgan fingerprint density at radius 3 is 2.83 bits per heavy atom. The van der Waals surface area contributed by atoms with Crippen LogP contribution in [0.3, 0.4) is 0 Å². The number of para-hydroxylation sites is 1. The number of nitrogens with one attached hydrogen (secondary N) is 1. The topological polar surface area (TPSA) is 45.1 Å². The number of pyridine rings is 1. The van der Waals surface area contributed by atoms with Crippen molar-refractivity contribution in [1.82, 2.24) is 4.98 Å². The summed E-state index contributed by atoms with van der Waals surface area (Å²) in [6.07, 6.45) is 2.46. The van der Waals surface area contributed by atoms with Gasteiger partial charge in [-0.1, -0.05) is 32.0 Å². The maximum atomic E-state index is 9.74. The van der Waals surface area contributed by atoms with Gasteiger partial charge in [-0.2, -0.15) is 0 Å². The van der Waals surface area contributed by atoms with Crippen LogP contribution >= 0.6 is 0 Å². The van der Waals surface area contributed by atoms with Crippen LogP contribution in [0.5, 0.6) is 0 Å². The summed E-state index contributed by atoms with van der Waals surface area (Å²) in [5, 5.41) is 14.3. The second-order valence-electron chi connectivity index (χ2n) is 5.69. The maximum absolute atomic E-state index is 9.74. The van der Waals surface area contributed by atoms with Crippen LogP contribution in [-0.4, -0.2) is 22.2 Å². The van der Waals surface area contributed by atoms with Gasteiger partial charge in [-0.05, 0) is 18.6 Å². The van der Waals surface area contributed by atoms with E-state index in [1.165, 1.54) is 0 Å². The third-order valence-electron chi connectivity index (χ3n) is 4.15. The second kappa shape index (κ2) is 3.95. The number of anilines is 1. The number of rotatable bonds is 2. The zero-order valence-electron chi connectivity index (χ0n) is 10.7. The molecule has 0 spiro atoms. The van der Waals surface area contributed by atoms with Gasteiger partial charge < -0.3 is 10.4 Å². The minimum Gasteiger partial charge on any atom is -0.392 e. The van der Waals surface area contributed by atoms with Gasteiger partial charge in [-0.3, -0.25) is 4.98 Å². The first kappa shape index (κ1) is 11.5. The van der Waals surface area contributed by atoms with E-state index in [0.717, 1.165) is 23.0 Å². The number of hydrogen-bond acceptors (Lipinski definition) is 3. The van der Waals surface area contributed by atoms with Crippen molar-refractivity contribution < 1.29 is 5.11 Å². The first-order valence-electron chi connectivity index (χ1n) is 6.37. The molecule has 3 rings (SSSR count). The summed E-state index contributed by atoms with van der Waals surface area (Å²) in [6, 6.07) is 10.5. The van der Waals surface area contributed by atoms with Crippen LogP contribution in [0.15, 0.2) is 36.5 Å². The molecule has 1 aliphatic carbocycles. The number of nitrogens with zero attached hydrogens (tertiary/aromatic N) is 1. The third kappa shape index (κ3) is 1.75. The Kier molecular flexibility index (Phi) is 2.52. The maximum Gasteiger partial charge on any atom is 0.0703 e. The Hall–Kier alpha value is -1.61. The predicted molar refractivity (Wildman–Crippen MR) is 73.6 cm³/mol. The fourth-order valence-corrected chi connectivity index (χ4v) is 2.50. The highest BCUT2D eigenvalue weighted by molar-refractivity contribution is 5.81. The predicted octanol–water partition coefficient (Wildman–Crippen LogP) is 2.81. The molecule has 0 amide bonds. The number of aliphatic hydroxyl groups excluding tert-OH is 1. The van der Waals surface area contributed by atoms with Gasteiger partial charge in [-0.25, -0.2) is 0 Å². The van der Waals surface area contributed by atoms with Crippen LogP contribution in [0, 0.1) is 5.41 Å². The summed E-state index contributed by atoms with van der Waals surface area (Å²) in [4.78, 5) is 4.43. The van der Waals surface area contributed by atoms with E-state index in [-0.39, 0.29) is 11.5 Å². The van der Waals surface area contributed by atoms with Crippen LogP contribution in [-0.2, 0) is 0 Å². The Labute approximate surface area is 107 Å². The van der Waals surface area contributed by atoms with Gasteiger partial charge in [0.2, 0.25) is 0 Å². The number of hydrogen-bond donors (Lipinski definition) is 2. The Balaban J connectivity index is 1.83. The SMILES string of the molecule is CC1(C)C(O)CC1Nc1cnc2ccccc2c1. The van der Waals surface area contributed by atoms with E-state index in [2.05, 4.69) is 36.3 Å². The lowest BCUT2D eigenvalue weighted by molar-refractivity contribution is -0.0510. The fourth-order valence-electron chi connectivity index (χ4n) is 2.50. The van der Waals surface area contributed by atoms with E-state index in [9.17, 15) is 5.11 Å². The quantitative estimate of drug-likeness (QED) is 0.851. The fraction of sp³-hybridized carbons (Fsp3) is 0.400. The molecule has 0 aliphatic heterocycles. The van der Waals surface area contributed by atoms with Crippen LogP contribution in [0.1, 0.15) is 20.3 Å². The lowest BCUT2D eigenvalue weighted by atomic mass is 9.64. The first-order chi connectivity index (χ1) is 8.57. The molecule has 18 heavy (non-hydrogen) atoms. The van der Waals surface area contributed by atoms with Crippen molar-refractivity contribution in [3.63, 3.8) is 0 Å². The molecule has 2 N–H and O–H groups in total. The van der Waals surface area contributed by atoms with E-state index in [0.29, 0.717) is 6.04 Å². The summed E-state index contributed by atoms with van der Waals surface area (Å²) in [5.74, 6) is 0. The molecule has 1 aromatic heterocycles.